The van der Waals surface area contributed by atoms with E-state index in [0.29, 0.717) is 6.04 Å². The number of aryl methyl sites for hydroxylation is 2. The van der Waals surface area contributed by atoms with Crippen molar-refractivity contribution in [2.24, 2.45) is 7.05 Å². The highest BCUT2D eigenvalue weighted by Gasteiger charge is 2.27. The monoisotopic (exact) mass is 281 g/mol. The van der Waals surface area contributed by atoms with E-state index in [4.69, 9.17) is 0 Å². The fourth-order valence-electron chi connectivity index (χ4n) is 2.12. The molecular formula is C11H15N5S2. The van der Waals surface area contributed by atoms with Crippen LogP contribution < -0.4 is 4.90 Å². The molecule has 1 saturated heterocycles. The first kappa shape index (κ1) is 12.0. The molecule has 96 valence electrons. The van der Waals surface area contributed by atoms with Crippen molar-refractivity contribution < 1.29 is 0 Å². The summed E-state index contributed by atoms with van der Waals surface area (Å²) < 4.78 is 6.15. The molecule has 2 aromatic heterocycles. The summed E-state index contributed by atoms with van der Waals surface area (Å²) >= 11 is 3.48. The first-order valence-electron chi connectivity index (χ1n) is 5.87. The zero-order valence-corrected chi connectivity index (χ0v) is 12.0. The normalized spacial score (nSPS) is 20.3. The Morgan fingerprint density at radius 1 is 1.44 bits per heavy atom. The Labute approximate surface area is 114 Å². The number of rotatable bonds is 2. The Balaban J connectivity index is 1.90. The van der Waals surface area contributed by atoms with Crippen LogP contribution >= 0.6 is 23.3 Å². The molecule has 1 fully saturated rings. The Kier molecular flexibility index (Phi) is 3.25. The average Bonchev–Trinajstić information content (AvgIpc) is 2.98. The van der Waals surface area contributed by atoms with Gasteiger partial charge < -0.3 is 4.90 Å². The lowest BCUT2D eigenvalue weighted by atomic mass is 10.1. The standard InChI is InChI=1S/C11H15N5S2/c1-8-13-11(18-14-8)16-3-4-17-7-10(16)9-5-12-15(2)6-9/h5-6,10H,3-4,7H2,1-2H3/t10-/m1/s1. The maximum Gasteiger partial charge on any atom is 0.205 e. The number of hydrogen-bond donors (Lipinski definition) is 0. The Bertz CT molecular complexity index is 487. The number of anilines is 1. The second-order valence-electron chi connectivity index (χ2n) is 4.36. The van der Waals surface area contributed by atoms with Gasteiger partial charge in [0.2, 0.25) is 5.13 Å². The highest BCUT2D eigenvalue weighted by molar-refractivity contribution is 7.99. The molecule has 7 heteroatoms. The summed E-state index contributed by atoms with van der Waals surface area (Å²) in [5.41, 5.74) is 1.26. The van der Waals surface area contributed by atoms with Crippen molar-refractivity contribution >= 4 is 28.4 Å². The zero-order chi connectivity index (χ0) is 12.5. The van der Waals surface area contributed by atoms with Crippen LogP contribution in [0.4, 0.5) is 5.13 Å². The van der Waals surface area contributed by atoms with Gasteiger partial charge in [0.15, 0.2) is 0 Å². The molecule has 0 radical (unpaired) electrons. The van der Waals surface area contributed by atoms with Gasteiger partial charge in [-0.25, -0.2) is 4.98 Å². The van der Waals surface area contributed by atoms with Crippen LogP contribution in [0.3, 0.4) is 0 Å². The molecule has 2 aromatic rings. The molecule has 1 atom stereocenters. The predicted molar refractivity (Wildman–Crippen MR) is 75.3 cm³/mol. The second-order valence-corrected chi connectivity index (χ2v) is 6.24. The quantitative estimate of drug-likeness (QED) is 0.841. The largest absolute Gasteiger partial charge is 0.338 e. The number of hydrogen-bond acceptors (Lipinski definition) is 6. The Hall–Kier alpha value is -1.08. The molecule has 0 amide bonds. The van der Waals surface area contributed by atoms with Crippen LogP contribution in [-0.4, -0.2) is 37.2 Å². The van der Waals surface area contributed by atoms with E-state index in [1.165, 1.54) is 17.1 Å². The third-order valence-electron chi connectivity index (χ3n) is 3.00. The van der Waals surface area contributed by atoms with Gasteiger partial charge in [-0.2, -0.15) is 21.2 Å². The molecule has 1 aliphatic heterocycles. The number of aromatic nitrogens is 4. The van der Waals surface area contributed by atoms with E-state index in [1.54, 1.807) is 0 Å². The van der Waals surface area contributed by atoms with Crippen molar-refractivity contribution in [2.75, 3.05) is 23.0 Å². The number of nitrogens with zero attached hydrogens (tertiary/aromatic N) is 5. The summed E-state index contributed by atoms with van der Waals surface area (Å²) in [5.74, 6) is 3.10. The van der Waals surface area contributed by atoms with Crippen molar-refractivity contribution in [1.82, 2.24) is 19.1 Å². The minimum absolute atomic E-state index is 0.366. The molecule has 0 saturated carbocycles. The lowest BCUT2D eigenvalue weighted by Gasteiger charge is -2.34. The highest BCUT2D eigenvalue weighted by Crippen LogP contribution is 2.34. The smallest absolute Gasteiger partial charge is 0.205 e. The zero-order valence-electron chi connectivity index (χ0n) is 10.4. The summed E-state index contributed by atoms with van der Waals surface area (Å²) in [5, 5.41) is 5.30. The van der Waals surface area contributed by atoms with Gasteiger partial charge in [-0.15, -0.1) is 0 Å². The Morgan fingerprint density at radius 3 is 3.00 bits per heavy atom. The maximum atomic E-state index is 4.51. The van der Waals surface area contributed by atoms with Crippen molar-refractivity contribution in [3.05, 3.63) is 23.8 Å². The van der Waals surface area contributed by atoms with Gasteiger partial charge in [-0.05, 0) is 6.92 Å². The molecule has 0 bridgehead atoms. The van der Waals surface area contributed by atoms with Crippen molar-refractivity contribution in [3.63, 3.8) is 0 Å². The molecule has 1 aliphatic rings. The third-order valence-corrected chi connectivity index (χ3v) is 4.87. The van der Waals surface area contributed by atoms with E-state index in [1.807, 2.05) is 36.6 Å². The maximum absolute atomic E-state index is 4.51. The minimum atomic E-state index is 0.366. The predicted octanol–water partition coefficient (Wildman–Crippen LogP) is 1.87. The van der Waals surface area contributed by atoms with Gasteiger partial charge in [0.05, 0.1) is 12.2 Å². The molecule has 0 spiro atoms. The molecule has 18 heavy (non-hydrogen) atoms. The molecular weight excluding hydrogens is 266 g/mol. The third kappa shape index (κ3) is 2.24. The van der Waals surface area contributed by atoms with Crippen LogP contribution in [0.2, 0.25) is 0 Å². The van der Waals surface area contributed by atoms with E-state index < -0.39 is 0 Å². The van der Waals surface area contributed by atoms with Crippen LogP contribution in [-0.2, 0) is 7.05 Å². The molecule has 0 aliphatic carbocycles. The van der Waals surface area contributed by atoms with Crippen LogP contribution in [0, 0.1) is 6.92 Å². The summed E-state index contributed by atoms with van der Waals surface area (Å²) in [7, 11) is 1.96. The summed E-state index contributed by atoms with van der Waals surface area (Å²) in [4.78, 5) is 6.87. The lowest BCUT2D eigenvalue weighted by molar-refractivity contribution is 0.681. The van der Waals surface area contributed by atoms with Gasteiger partial charge in [0, 0.05) is 48.4 Å². The van der Waals surface area contributed by atoms with Crippen LogP contribution in [0.5, 0.6) is 0 Å². The van der Waals surface area contributed by atoms with Gasteiger partial charge in [-0.3, -0.25) is 4.68 Å². The van der Waals surface area contributed by atoms with E-state index in [0.717, 1.165) is 29.0 Å². The van der Waals surface area contributed by atoms with E-state index in [-0.39, 0.29) is 0 Å². The number of thioether (sulfide) groups is 1. The minimum Gasteiger partial charge on any atom is -0.338 e. The molecule has 0 unspecified atom stereocenters. The average molecular weight is 281 g/mol. The first-order valence-corrected chi connectivity index (χ1v) is 7.80. The highest BCUT2D eigenvalue weighted by atomic mass is 32.2. The second kappa shape index (κ2) is 4.89. The van der Waals surface area contributed by atoms with Crippen molar-refractivity contribution in [2.45, 2.75) is 13.0 Å². The molecule has 3 rings (SSSR count). The fourth-order valence-corrected chi connectivity index (χ4v) is 3.96. The summed E-state index contributed by atoms with van der Waals surface area (Å²) in [6.45, 7) is 2.97. The fraction of sp³-hybridized carbons (Fsp3) is 0.545. The molecule has 0 aromatic carbocycles. The van der Waals surface area contributed by atoms with Crippen LogP contribution in [0.25, 0.3) is 0 Å². The summed E-state index contributed by atoms with van der Waals surface area (Å²) in [6.07, 6.45) is 4.05. The van der Waals surface area contributed by atoms with E-state index in [9.17, 15) is 0 Å². The van der Waals surface area contributed by atoms with Crippen molar-refractivity contribution in [1.29, 1.82) is 0 Å². The topological polar surface area (TPSA) is 46.8 Å². The first-order chi connectivity index (χ1) is 8.74. The van der Waals surface area contributed by atoms with Gasteiger partial charge in [-0.1, -0.05) is 0 Å². The SMILES string of the molecule is Cc1nsc(N2CCSC[C@@H]2c2cnn(C)c2)n1. The van der Waals surface area contributed by atoms with Crippen LogP contribution in [0.15, 0.2) is 12.4 Å². The van der Waals surface area contributed by atoms with Gasteiger partial charge in [0.1, 0.15) is 5.82 Å². The molecule has 3 heterocycles. The summed E-state index contributed by atoms with van der Waals surface area (Å²) in [6, 6.07) is 0.366. The van der Waals surface area contributed by atoms with Gasteiger partial charge in [0.25, 0.3) is 0 Å². The van der Waals surface area contributed by atoms with Crippen molar-refractivity contribution in [3.8, 4) is 0 Å². The van der Waals surface area contributed by atoms with Gasteiger partial charge >= 0.3 is 0 Å². The van der Waals surface area contributed by atoms with E-state index >= 15 is 0 Å². The van der Waals surface area contributed by atoms with Crippen LogP contribution in [0.1, 0.15) is 17.4 Å². The molecule has 5 nitrogen and oxygen atoms in total. The molecule has 0 N–H and O–H groups in total. The van der Waals surface area contributed by atoms with E-state index in [2.05, 4.69) is 25.6 Å². The lowest BCUT2D eigenvalue weighted by Crippen LogP contribution is -2.36. The Morgan fingerprint density at radius 2 is 2.33 bits per heavy atom.